The van der Waals surface area contributed by atoms with Crippen LogP contribution in [0.15, 0.2) is 12.1 Å². The van der Waals surface area contributed by atoms with Crippen LogP contribution in [0.25, 0.3) is 0 Å². The van der Waals surface area contributed by atoms with E-state index in [4.69, 9.17) is 0 Å². The van der Waals surface area contributed by atoms with Gasteiger partial charge in [0.25, 0.3) is 0 Å². The Labute approximate surface area is 145 Å². The van der Waals surface area contributed by atoms with E-state index in [0.29, 0.717) is 17.7 Å². The van der Waals surface area contributed by atoms with Crippen molar-refractivity contribution in [2.45, 2.75) is 65.0 Å². The average Bonchev–Trinajstić information content (AvgIpc) is 3.34. The van der Waals surface area contributed by atoms with Gasteiger partial charge < -0.3 is 10.4 Å². The van der Waals surface area contributed by atoms with Crippen LogP contribution in [0.5, 0.6) is 5.75 Å². The highest BCUT2D eigenvalue weighted by molar-refractivity contribution is 5.79. The van der Waals surface area contributed by atoms with E-state index >= 15 is 0 Å². The first-order chi connectivity index (χ1) is 11.4. The maximum atomic E-state index is 12.2. The van der Waals surface area contributed by atoms with Crippen LogP contribution in [-0.4, -0.2) is 35.0 Å². The first kappa shape index (κ1) is 17.3. The molecule has 4 nitrogen and oxygen atoms in total. The molecule has 1 saturated heterocycles. The molecule has 1 aromatic carbocycles. The van der Waals surface area contributed by atoms with Gasteiger partial charge in [0, 0.05) is 24.1 Å². The number of aryl methyl sites for hydroxylation is 1. The molecule has 1 saturated carbocycles. The van der Waals surface area contributed by atoms with Crippen LogP contribution < -0.4 is 5.32 Å². The number of phenols is 1. The van der Waals surface area contributed by atoms with Gasteiger partial charge >= 0.3 is 0 Å². The topological polar surface area (TPSA) is 52.6 Å². The number of carbonyl (C=O) groups excluding carboxylic acids is 1. The van der Waals surface area contributed by atoms with Gasteiger partial charge in [0.1, 0.15) is 5.75 Å². The number of benzene rings is 1. The highest BCUT2D eigenvalue weighted by Gasteiger charge is 2.30. The second-order valence-corrected chi connectivity index (χ2v) is 7.83. The smallest absolute Gasteiger partial charge is 0.223 e. The summed E-state index contributed by atoms with van der Waals surface area (Å²) in [5, 5.41) is 13.4. The van der Waals surface area contributed by atoms with Gasteiger partial charge in [-0.15, -0.1) is 0 Å². The summed E-state index contributed by atoms with van der Waals surface area (Å²) < 4.78 is 0. The Bertz CT molecular complexity index is 600. The fourth-order valence-corrected chi connectivity index (χ4v) is 3.65. The van der Waals surface area contributed by atoms with Crippen LogP contribution in [0.1, 0.15) is 62.1 Å². The monoisotopic (exact) mass is 330 g/mol. The standard InChI is InChI=1S/C20H30N2O2/c1-13(2)18-11-16(19(23)10-14(18)3)12-22-8-6-15(7-9-22)20(24)21-17-4-5-17/h10-11,13,15,17,23H,4-9,12H2,1-3H3,(H,21,24). The molecule has 2 N–H and O–H groups in total. The number of aromatic hydroxyl groups is 1. The molecule has 0 unspecified atom stereocenters. The molecule has 0 bridgehead atoms. The lowest BCUT2D eigenvalue weighted by Gasteiger charge is -2.31. The molecule has 1 aliphatic heterocycles. The molecule has 1 aliphatic carbocycles. The number of piperidine rings is 1. The zero-order chi connectivity index (χ0) is 17.3. The Hall–Kier alpha value is -1.55. The Morgan fingerprint density at radius 1 is 1.25 bits per heavy atom. The molecule has 1 heterocycles. The van der Waals surface area contributed by atoms with Crippen molar-refractivity contribution >= 4 is 5.91 Å². The van der Waals surface area contributed by atoms with E-state index in [1.807, 2.05) is 6.07 Å². The van der Waals surface area contributed by atoms with Crippen molar-refractivity contribution in [2.75, 3.05) is 13.1 Å². The van der Waals surface area contributed by atoms with Gasteiger partial charge in [-0.05, 0) is 68.8 Å². The fraction of sp³-hybridized carbons (Fsp3) is 0.650. The van der Waals surface area contributed by atoms with Crippen LogP contribution in [0, 0.1) is 12.8 Å². The molecule has 132 valence electrons. The van der Waals surface area contributed by atoms with Crippen LogP contribution in [0.3, 0.4) is 0 Å². The molecule has 4 heteroatoms. The van der Waals surface area contributed by atoms with E-state index in [1.165, 1.54) is 5.56 Å². The summed E-state index contributed by atoms with van der Waals surface area (Å²) in [6.07, 6.45) is 4.13. The van der Waals surface area contributed by atoms with Gasteiger partial charge in [0.15, 0.2) is 0 Å². The lowest BCUT2D eigenvalue weighted by molar-refractivity contribution is -0.126. The lowest BCUT2D eigenvalue weighted by Crippen LogP contribution is -2.40. The van der Waals surface area contributed by atoms with Crippen LogP contribution in [0.2, 0.25) is 0 Å². The summed E-state index contributed by atoms with van der Waals surface area (Å²) >= 11 is 0. The van der Waals surface area contributed by atoms with Gasteiger partial charge in [-0.1, -0.05) is 19.9 Å². The minimum atomic E-state index is 0.166. The molecular formula is C20H30N2O2. The summed E-state index contributed by atoms with van der Waals surface area (Å²) in [4.78, 5) is 14.5. The minimum Gasteiger partial charge on any atom is -0.508 e. The van der Waals surface area contributed by atoms with Crippen LogP contribution in [0.4, 0.5) is 0 Å². The molecule has 24 heavy (non-hydrogen) atoms. The highest BCUT2D eigenvalue weighted by Crippen LogP contribution is 2.29. The van der Waals surface area contributed by atoms with Gasteiger partial charge in [-0.25, -0.2) is 0 Å². The van der Waals surface area contributed by atoms with Gasteiger partial charge in [-0.3, -0.25) is 9.69 Å². The number of hydrogen-bond donors (Lipinski definition) is 2. The number of carbonyl (C=O) groups is 1. The lowest BCUT2D eigenvalue weighted by atomic mass is 9.93. The second-order valence-electron chi connectivity index (χ2n) is 7.83. The van der Waals surface area contributed by atoms with E-state index in [1.54, 1.807) is 0 Å². The molecule has 2 fully saturated rings. The molecule has 2 aliphatic rings. The van der Waals surface area contributed by atoms with Crippen LogP contribution >= 0.6 is 0 Å². The fourth-order valence-electron chi connectivity index (χ4n) is 3.65. The van der Waals surface area contributed by atoms with Gasteiger partial charge in [0.05, 0.1) is 0 Å². The molecule has 0 spiro atoms. The SMILES string of the molecule is Cc1cc(O)c(CN2CCC(C(=O)NC3CC3)CC2)cc1C(C)C. The number of rotatable bonds is 5. The number of nitrogens with zero attached hydrogens (tertiary/aromatic N) is 1. The van der Waals surface area contributed by atoms with E-state index in [2.05, 4.69) is 37.1 Å². The third-order valence-electron chi connectivity index (χ3n) is 5.37. The van der Waals surface area contributed by atoms with Crippen LogP contribution in [-0.2, 0) is 11.3 Å². The molecule has 1 aromatic rings. The predicted molar refractivity (Wildman–Crippen MR) is 96.1 cm³/mol. The van der Waals surface area contributed by atoms with Gasteiger partial charge in [-0.2, -0.15) is 0 Å². The maximum absolute atomic E-state index is 12.2. The predicted octanol–water partition coefficient (Wildman–Crippen LogP) is 3.31. The Balaban J connectivity index is 1.57. The van der Waals surface area contributed by atoms with Crippen molar-refractivity contribution in [1.82, 2.24) is 10.2 Å². The third-order valence-corrected chi connectivity index (χ3v) is 5.37. The first-order valence-corrected chi connectivity index (χ1v) is 9.29. The summed E-state index contributed by atoms with van der Waals surface area (Å²) in [6, 6.07) is 4.50. The van der Waals surface area contributed by atoms with Crippen molar-refractivity contribution in [3.05, 3.63) is 28.8 Å². The average molecular weight is 330 g/mol. The van der Waals surface area contributed by atoms with E-state index < -0.39 is 0 Å². The number of hydrogen-bond acceptors (Lipinski definition) is 3. The summed E-state index contributed by atoms with van der Waals surface area (Å²) in [5.74, 6) is 1.27. The normalized spacial score (nSPS) is 19.7. The second kappa shape index (κ2) is 7.14. The zero-order valence-electron chi connectivity index (χ0n) is 15.1. The Kier molecular flexibility index (Phi) is 5.14. The summed E-state index contributed by atoms with van der Waals surface area (Å²) in [7, 11) is 0. The van der Waals surface area contributed by atoms with Crippen molar-refractivity contribution in [2.24, 2.45) is 5.92 Å². The van der Waals surface area contributed by atoms with E-state index in [9.17, 15) is 9.90 Å². The van der Waals surface area contributed by atoms with Crippen molar-refractivity contribution in [3.8, 4) is 5.75 Å². The molecule has 1 amide bonds. The number of phenolic OH excluding ortho intramolecular Hbond substituents is 1. The zero-order valence-corrected chi connectivity index (χ0v) is 15.1. The molecular weight excluding hydrogens is 300 g/mol. The summed E-state index contributed by atoms with van der Waals surface area (Å²) in [5.41, 5.74) is 3.47. The van der Waals surface area contributed by atoms with Crippen molar-refractivity contribution in [3.63, 3.8) is 0 Å². The summed E-state index contributed by atoms with van der Waals surface area (Å²) in [6.45, 7) is 9.05. The Morgan fingerprint density at radius 2 is 1.92 bits per heavy atom. The highest BCUT2D eigenvalue weighted by atomic mass is 16.3. The largest absolute Gasteiger partial charge is 0.508 e. The molecule has 0 atom stereocenters. The van der Waals surface area contributed by atoms with Gasteiger partial charge in [0.2, 0.25) is 5.91 Å². The Morgan fingerprint density at radius 3 is 2.50 bits per heavy atom. The van der Waals surface area contributed by atoms with E-state index in [0.717, 1.165) is 56.4 Å². The number of nitrogens with one attached hydrogen (secondary N) is 1. The quantitative estimate of drug-likeness (QED) is 0.871. The van der Waals surface area contributed by atoms with Crippen molar-refractivity contribution < 1.29 is 9.90 Å². The van der Waals surface area contributed by atoms with Crippen molar-refractivity contribution in [1.29, 1.82) is 0 Å². The minimum absolute atomic E-state index is 0.166. The molecule has 0 radical (unpaired) electrons. The molecule has 0 aromatic heterocycles. The molecule has 3 rings (SSSR count). The van der Waals surface area contributed by atoms with E-state index in [-0.39, 0.29) is 11.8 Å². The number of likely N-dealkylation sites (tertiary alicyclic amines) is 1. The third kappa shape index (κ3) is 4.10. The maximum Gasteiger partial charge on any atom is 0.223 e. The number of amides is 1. The first-order valence-electron chi connectivity index (χ1n) is 9.29.